The lowest BCUT2D eigenvalue weighted by atomic mass is 9.90. The van der Waals surface area contributed by atoms with Gasteiger partial charge in [0.1, 0.15) is 16.1 Å². The summed E-state index contributed by atoms with van der Waals surface area (Å²) in [6, 6.07) is 7.17. The van der Waals surface area contributed by atoms with Gasteiger partial charge in [0.05, 0.1) is 23.5 Å². The first-order valence-electron chi connectivity index (χ1n) is 10.1. The van der Waals surface area contributed by atoms with Crippen molar-refractivity contribution in [3.05, 3.63) is 23.9 Å². The molecule has 0 aliphatic carbocycles. The average molecular weight is 460 g/mol. The summed E-state index contributed by atoms with van der Waals surface area (Å²) in [5, 5.41) is 24.1. The Kier molecular flexibility index (Phi) is 9.67. The highest BCUT2D eigenvalue weighted by molar-refractivity contribution is 8.00. The molecule has 172 valence electrons. The van der Waals surface area contributed by atoms with E-state index in [-0.39, 0.29) is 34.1 Å². The van der Waals surface area contributed by atoms with Gasteiger partial charge in [0.2, 0.25) is 5.91 Å². The highest BCUT2D eigenvalue weighted by Gasteiger charge is 2.31. The lowest BCUT2D eigenvalue weighted by molar-refractivity contribution is -0.126. The van der Waals surface area contributed by atoms with Crippen molar-refractivity contribution in [1.82, 2.24) is 15.6 Å². The van der Waals surface area contributed by atoms with E-state index in [0.29, 0.717) is 0 Å². The van der Waals surface area contributed by atoms with Crippen molar-refractivity contribution in [2.45, 2.75) is 57.6 Å². The minimum atomic E-state index is -1.08. The van der Waals surface area contributed by atoms with Crippen LogP contribution in [0, 0.1) is 34.5 Å². The number of esters is 1. The predicted molar refractivity (Wildman–Crippen MR) is 119 cm³/mol. The molecule has 2 N–H and O–H groups in total. The Morgan fingerprint density at radius 3 is 2.09 bits per heavy atom. The SMILES string of the molecule is CC(C)[C@@](C)(C#N)NC(=O)COC(=O)c1cccnc1SCC(=O)N[C@@](C)(C#N)C(C)C. The molecule has 0 saturated carbocycles. The summed E-state index contributed by atoms with van der Waals surface area (Å²) in [6.45, 7) is 9.94. The van der Waals surface area contributed by atoms with E-state index in [1.165, 1.54) is 18.3 Å². The van der Waals surface area contributed by atoms with Crippen molar-refractivity contribution in [2.75, 3.05) is 12.4 Å². The number of pyridine rings is 1. The highest BCUT2D eigenvalue weighted by Crippen LogP contribution is 2.22. The van der Waals surface area contributed by atoms with E-state index in [1.54, 1.807) is 27.7 Å². The summed E-state index contributed by atoms with van der Waals surface area (Å²) in [5.41, 5.74) is -1.98. The number of nitrogens with one attached hydrogen (secondary N) is 2. The summed E-state index contributed by atoms with van der Waals surface area (Å²) in [4.78, 5) is 41.0. The molecular weight excluding hydrogens is 430 g/mol. The molecule has 1 aromatic rings. The van der Waals surface area contributed by atoms with Crippen LogP contribution in [0.3, 0.4) is 0 Å². The fraction of sp³-hybridized carbons (Fsp3) is 0.545. The second-order valence-electron chi connectivity index (χ2n) is 8.25. The molecule has 1 rings (SSSR count). The van der Waals surface area contributed by atoms with Crippen molar-refractivity contribution >= 4 is 29.5 Å². The minimum absolute atomic E-state index is 0.0588. The summed E-state index contributed by atoms with van der Waals surface area (Å²) in [7, 11) is 0. The van der Waals surface area contributed by atoms with Crippen molar-refractivity contribution in [3.8, 4) is 12.1 Å². The first-order chi connectivity index (χ1) is 14.9. The molecule has 1 heterocycles. The van der Waals surface area contributed by atoms with Gasteiger partial charge >= 0.3 is 5.97 Å². The molecule has 0 aliphatic rings. The van der Waals surface area contributed by atoms with Crippen molar-refractivity contribution in [3.63, 3.8) is 0 Å². The van der Waals surface area contributed by atoms with Gasteiger partial charge in [0.15, 0.2) is 6.61 Å². The van der Waals surface area contributed by atoms with E-state index in [2.05, 4.69) is 21.7 Å². The van der Waals surface area contributed by atoms with Crippen LogP contribution in [0.1, 0.15) is 51.9 Å². The third kappa shape index (κ3) is 7.24. The second-order valence-corrected chi connectivity index (χ2v) is 9.22. The number of hydrogen-bond acceptors (Lipinski definition) is 8. The lowest BCUT2D eigenvalue weighted by Crippen LogP contribution is -2.50. The van der Waals surface area contributed by atoms with Crippen LogP contribution in [0.2, 0.25) is 0 Å². The van der Waals surface area contributed by atoms with E-state index in [4.69, 9.17) is 4.74 Å². The molecule has 9 nitrogen and oxygen atoms in total. The zero-order valence-corrected chi connectivity index (χ0v) is 20.0. The Bertz CT molecular complexity index is 937. The molecule has 0 radical (unpaired) electrons. The number of nitrogens with zero attached hydrogens (tertiary/aromatic N) is 3. The van der Waals surface area contributed by atoms with Gasteiger partial charge in [-0.1, -0.05) is 39.5 Å². The number of aromatic nitrogens is 1. The molecule has 0 aromatic carbocycles. The van der Waals surface area contributed by atoms with Gasteiger partial charge in [-0.15, -0.1) is 0 Å². The van der Waals surface area contributed by atoms with Crippen LogP contribution in [0.25, 0.3) is 0 Å². The molecule has 0 fully saturated rings. The maximum absolute atomic E-state index is 12.5. The Hall–Kier alpha value is -3.11. The number of thioether (sulfide) groups is 1. The number of amides is 2. The van der Waals surface area contributed by atoms with Crippen molar-refractivity contribution in [1.29, 1.82) is 10.5 Å². The van der Waals surface area contributed by atoms with Crippen LogP contribution in [0.4, 0.5) is 0 Å². The number of carbonyl (C=O) groups excluding carboxylic acids is 3. The largest absolute Gasteiger partial charge is 0.452 e. The summed E-state index contributed by atoms with van der Waals surface area (Å²) >= 11 is 1.02. The van der Waals surface area contributed by atoms with Crippen molar-refractivity contribution in [2.24, 2.45) is 11.8 Å². The first kappa shape index (κ1) is 26.9. The number of hydrogen-bond donors (Lipinski definition) is 2. The molecule has 32 heavy (non-hydrogen) atoms. The molecule has 0 saturated heterocycles. The molecule has 0 aliphatic heterocycles. The lowest BCUT2D eigenvalue weighted by Gasteiger charge is -2.27. The maximum atomic E-state index is 12.5. The molecule has 0 unspecified atom stereocenters. The summed E-state index contributed by atoms with van der Waals surface area (Å²) in [5.74, 6) is -2.04. The third-order valence-electron chi connectivity index (χ3n) is 5.24. The molecule has 10 heteroatoms. The van der Waals surface area contributed by atoms with Gasteiger partial charge in [-0.2, -0.15) is 10.5 Å². The molecular formula is C22H29N5O4S. The highest BCUT2D eigenvalue weighted by atomic mass is 32.2. The predicted octanol–water partition coefficient (Wildman–Crippen LogP) is 2.44. The topological polar surface area (TPSA) is 145 Å². The Labute approximate surface area is 192 Å². The molecule has 2 atom stereocenters. The number of nitriles is 2. The molecule has 1 aromatic heterocycles. The van der Waals surface area contributed by atoms with Gasteiger partial charge in [-0.05, 0) is 37.8 Å². The quantitative estimate of drug-likeness (QED) is 0.401. The Morgan fingerprint density at radius 1 is 1.06 bits per heavy atom. The van der Waals surface area contributed by atoms with Gasteiger partial charge in [0.25, 0.3) is 5.91 Å². The summed E-state index contributed by atoms with van der Waals surface area (Å²) < 4.78 is 5.08. The molecule has 0 spiro atoms. The normalized spacial score (nSPS) is 14.4. The molecule has 2 amide bonds. The average Bonchev–Trinajstić information content (AvgIpc) is 2.75. The van der Waals surface area contributed by atoms with E-state index < -0.39 is 29.6 Å². The van der Waals surface area contributed by atoms with Gasteiger partial charge in [-0.3, -0.25) is 9.59 Å². The maximum Gasteiger partial charge on any atom is 0.341 e. The number of rotatable bonds is 10. The van der Waals surface area contributed by atoms with E-state index >= 15 is 0 Å². The van der Waals surface area contributed by atoms with Crippen LogP contribution in [0.15, 0.2) is 23.4 Å². The zero-order valence-electron chi connectivity index (χ0n) is 19.2. The fourth-order valence-corrected chi connectivity index (χ4v) is 3.04. The van der Waals surface area contributed by atoms with Crippen LogP contribution in [-0.4, -0.2) is 46.2 Å². The van der Waals surface area contributed by atoms with E-state index in [1.807, 2.05) is 19.9 Å². The van der Waals surface area contributed by atoms with Gasteiger partial charge in [-0.25, -0.2) is 9.78 Å². The van der Waals surface area contributed by atoms with Crippen molar-refractivity contribution < 1.29 is 19.1 Å². The van der Waals surface area contributed by atoms with Gasteiger partial charge < -0.3 is 15.4 Å². The number of carbonyl (C=O) groups is 3. The zero-order chi connectivity index (χ0) is 24.5. The second kappa shape index (κ2) is 11.5. The molecule has 0 bridgehead atoms. The van der Waals surface area contributed by atoms with Crippen LogP contribution in [-0.2, 0) is 14.3 Å². The van der Waals surface area contributed by atoms with E-state index in [9.17, 15) is 24.9 Å². The first-order valence-corrected chi connectivity index (χ1v) is 11.1. The Balaban J connectivity index is 2.76. The van der Waals surface area contributed by atoms with E-state index in [0.717, 1.165) is 11.8 Å². The van der Waals surface area contributed by atoms with Crippen LogP contribution >= 0.6 is 11.8 Å². The summed E-state index contributed by atoms with van der Waals surface area (Å²) in [6.07, 6.45) is 1.47. The van der Waals surface area contributed by atoms with Gasteiger partial charge in [0, 0.05) is 6.20 Å². The third-order valence-corrected chi connectivity index (χ3v) is 6.24. The van der Waals surface area contributed by atoms with Crippen LogP contribution in [0.5, 0.6) is 0 Å². The number of ether oxygens (including phenoxy) is 1. The fourth-order valence-electron chi connectivity index (χ4n) is 2.26. The monoisotopic (exact) mass is 459 g/mol. The Morgan fingerprint density at radius 2 is 1.59 bits per heavy atom. The standard InChI is InChI=1S/C22H29N5O4S/c1-14(2)21(5,12-23)26-17(28)10-31-20(30)16-8-7-9-25-19(16)32-11-18(29)27-22(6,13-24)15(3)4/h7-9,14-15H,10-11H2,1-6H3,(H,26,28)(H,27,29)/t21-,22+/m1/s1. The smallest absolute Gasteiger partial charge is 0.341 e. The van der Waals surface area contributed by atoms with Crippen LogP contribution < -0.4 is 10.6 Å². The minimum Gasteiger partial charge on any atom is -0.452 e.